The molecule has 0 unspecified atom stereocenters. The predicted molar refractivity (Wildman–Crippen MR) is 33.2 cm³/mol. The first kappa shape index (κ1) is 7.96. The highest BCUT2D eigenvalue weighted by molar-refractivity contribution is 5.83. The third-order valence-electron chi connectivity index (χ3n) is 1.50. The molecule has 0 radical (unpaired) electrons. The smallest absolute Gasteiger partial charge is 0.237 e. The van der Waals surface area contributed by atoms with E-state index >= 15 is 0 Å². The fraction of sp³-hybridized carbons (Fsp3) is 0.667. The largest absolute Gasteiger partial charge is 0.368 e. The second kappa shape index (κ2) is 2.49. The van der Waals surface area contributed by atoms with Gasteiger partial charge in [0.25, 0.3) is 0 Å². The Labute approximate surface area is 54.5 Å². The summed E-state index contributed by atoms with van der Waals surface area (Å²) in [7, 11) is 0. The van der Waals surface area contributed by atoms with Gasteiger partial charge in [-0.15, -0.1) is 0 Å². The molecule has 1 atom stereocenters. The van der Waals surface area contributed by atoms with Gasteiger partial charge in [0.1, 0.15) is 5.41 Å². The highest BCUT2D eigenvalue weighted by Crippen LogP contribution is 2.17. The minimum atomic E-state index is -0.972. The number of hydrogen-bond donors (Lipinski definition) is 1. The Balaban J connectivity index is 4.33. The van der Waals surface area contributed by atoms with Gasteiger partial charge in [-0.25, -0.2) is 0 Å². The highest BCUT2D eigenvalue weighted by atomic mass is 16.1. The van der Waals surface area contributed by atoms with Gasteiger partial charge in [0.15, 0.2) is 0 Å². The summed E-state index contributed by atoms with van der Waals surface area (Å²) in [6, 6.07) is 1.85. The molecular formula is C6H10N2O. The molecule has 2 N–H and O–H groups in total. The van der Waals surface area contributed by atoms with E-state index in [1.165, 1.54) is 6.92 Å². The zero-order valence-electron chi connectivity index (χ0n) is 5.64. The molecule has 9 heavy (non-hydrogen) atoms. The minimum Gasteiger partial charge on any atom is -0.368 e. The van der Waals surface area contributed by atoms with Crippen molar-refractivity contribution in [2.75, 3.05) is 0 Å². The lowest BCUT2D eigenvalue weighted by atomic mass is 9.89. The molecular weight excluding hydrogens is 116 g/mol. The van der Waals surface area contributed by atoms with Crippen LogP contribution in [-0.4, -0.2) is 5.91 Å². The molecule has 0 aliphatic carbocycles. The molecule has 0 fully saturated rings. The number of nitrogens with zero attached hydrogens (tertiary/aromatic N) is 1. The number of nitriles is 1. The number of nitrogens with two attached hydrogens (primary N) is 1. The molecule has 50 valence electrons. The minimum absolute atomic E-state index is 0.471. The lowest BCUT2D eigenvalue weighted by Gasteiger charge is -2.12. The third-order valence-corrected chi connectivity index (χ3v) is 1.50. The fourth-order valence-corrected chi connectivity index (χ4v) is 0.308. The van der Waals surface area contributed by atoms with Gasteiger partial charge in [0, 0.05) is 0 Å². The van der Waals surface area contributed by atoms with E-state index in [0.29, 0.717) is 6.42 Å². The molecule has 0 saturated carbocycles. The number of rotatable bonds is 2. The Bertz CT molecular complexity index is 159. The number of amides is 1. The van der Waals surface area contributed by atoms with Crippen LogP contribution in [0.25, 0.3) is 0 Å². The van der Waals surface area contributed by atoms with Crippen molar-refractivity contribution in [2.24, 2.45) is 11.1 Å². The van der Waals surface area contributed by atoms with E-state index in [4.69, 9.17) is 11.0 Å². The molecule has 0 aliphatic heterocycles. The molecule has 0 aromatic carbocycles. The van der Waals surface area contributed by atoms with Gasteiger partial charge in [-0.05, 0) is 13.3 Å². The van der Waals surface area contributed by atoms with Crippen molar-refractivity contribution in [3.63, 3.8) is 0 Å². The van der Waals surface area contributed by atoms with E-state index in [2.05, 4.69) is 0 Å². The highest BCUT2D eigenvalue weighted by Gasteiger charge is 2.27. The van der Waals surface area contributed by atoms with Gasteiger partial charge < -0.3 is 5.73 Å². The molecule has 3 nitrogen and oxygen atoms in total. The molecule has 1 amide bonds. The van der Waals surface area contributed by atoms with Crippen LogP contribution in [0.1, 0.15) is 20.3 Å². The maximum atomic E-state index is 10.5. The summed E-state index contributed by atoms with van der Waals surface area (Å²) in [5.74, 6) is -0.549. The summed E-state index contributed by atoms with van der Waals surface area (Å²) in [5.41, 5.74) is 3.96. The average molecular weight is 126 g/mol. The molecule has 0 aliphatic rings. The van der Waals surface area contributed by atoms with Crippen molar-refractivity contribution in [2.45, 2.75) is 20.3 Å². The molecule has 0 saturated heterocycles. The Morgan fingerprint density at radius 1 is 1.89 bits per heavy atom. The third kappa shape index (κ3) is 1.43. The zero-order valence-corrected chi connectivity index (χ0v) is 5.64. The van der Waals surface area contributed by atoms with E-state index in [-0.39, 0.29) is 0 Å². The van der Waals surface area contributed by atoms with Crippen molar-refractivity contribution in [3.8, 4) is 6.07 Å². The second-order valence-corrected chi connectivity index (χ2v) is 2.16. The van der Waals surface area contributed by atoms with Gasteiger partial charge in [0.2, 0.25) is 5.91 Å². The predicted octanol–water partition coefficient (Wildman–Crippen LogP) is 0.412. The van der Waals surface area contributed by atoms with Crippen LogP contribution in [-0.2, 0) is 4.79 Å². The first-order valence-corrected chi connectivity index (χ1v) is 2.78. The number of hydrogen-bond acceptors (Lipinski definition) is 2. The van der Waals surface area contributed by atoms with Gasteiger partial charge in [-0.1, -0.05) is 6.92 Å². The van der Waals surface area contributed by atoms with Gasteiger partial charge in [0.05, 0.1) is 6.07 Å². The van der Waals surface area contributed by atoms with E-state index in [9.17, 15) is 4.79 Å². The summed E-state index contributed by atoms with van der Waals surface area (Å²) >= 11 is 0. The normalized spacial score (nSPS) is 15.7. The maximum absolute atomic E-state index is 10.5. The van der Waals surface area contributed by atoms with E-state index in [0.717, 1.165) is 0 Å². The maximum Gasteiger partial charge on any atom is 0.237 e. The van der Waals surface area contributed by atoms with E-state index in [1.54, 1.807) is 6.92 Å². The van der Waals surface area contributed by atoms with Crippen LogP contribution >= 0.6 is 0 Å². The lowest BCUT2D eigenvalue weighted by molar-refractivity contribution is -0.124. The Morgan fingerprint density at radius 2 is 2.33 bits per heavy atom. The number of carbonyl (C=O) groups excluding carboxylic acids is 1. The van der Waals surface area contributed by atoms with Crippen LogP contribution in [0.5, 0.6) is 0 Å². The lowest BCUT2D eigenvalue weighted by Crippen LogP contribution is -2.32. The van der Waals surface area contributed by atoms with E-state index in [1.807, 2.05) is 6.07 Å². The molecule has 3 heteroatoms. The SMILES string of the molecule is CC[C@](C)(C#N)C(N)=O. The molecule has 0 aromatic heterocycles. The van der Waals surface area contributed by atoms with Crippen molar-refractivity contribution in [1.29, 1.82) is 5.26 Å². The van der Waals surface area contributed by atoms with Crippen LogP contribution in [0.3, 0.4) is 0 Å². The second-order valence-electron chi connectivity index (χ2n) is 2.16. The molecule has 0 spiro atoms. The zero-order chi connectivity index (χ0) is 7.49. The standard InChI is InChI=1S/C6H10N2O/c1-3-6(2,4-7)5(8)9/h3H2,1-2H3,(H2,8,9)/t6-/m1/s1. The molecule has 0 heterocycles. The van der Waals surface area contributed by atoms with Gasteiger partial charge >= 0.3 is 0 Å². The number of carbonyl (C=O) groups is 1. The fourth-order valence-electron chi connectivity index (χ4n) is 0.308. The first-order chi connectivity index (χ1) is 4.06. The summed E-state index contributed by atoms with van der Waals surface area (Å²) in [6.07, 6.45) is 0.471. The van der Waals surface area contributed by atoms with Crippen molar-refractivity contribution in [3.05, 3.63) is 0 Å². The van der Waals surface area contributed by atoms with Crippen LogP contribution < -0.4 is 5.73 Å². The van der Waals surface area contributed by atoms with Gasteiger partial charge in [-0.3, -0.25) is 4.79 Å². The van der Waals surface area contributed by atoms with Crippen molar-refractivity contribution < 1.29 is 4.79 Å². The summed E-state index contributed by atoms with van der Waals surface area (Å²) in [6.45, 7) is 3.29. The van der Waals surface area contributed by atoms with Gasteiger partial charge in [-0.2, -0.15) is 5.26 Å². The Kier molecular flexibility index (Phi) is 2.20. The van der Waals surface area contributed by atoms with Crippen molar-refractivity contribution in [1.82, 2.24) is 0 Å². The monoisotopic (exact) mass is 126 g/mol. The molecule has 0 rings (SSSR count). The Hall–Kier alpha value is -1.04. The van der Waals surface area contributed by atoms with Crippen LogP contribution in [0.2, 0.25) is 0 Å². The molecule has 0 aromatic rings. The Morgan fingerprint density at radius 3 is 2.33 bits per heavy atom. The molecule has 0 bridgehead atoms. The van der Waals surface area contributed by atoms with Crippen molar-refractivity contribution >= 4 is 5.91 Å². The topological polar surface area (TPSA) is 66.9 Å². The summed E-state index contributed by atoms with van der Waals surface area (Å²) < 4.78 is 0. The van der Waals surface area contributed by atoms with E-state index < -0.39 is 11.3 Å². The van der Waals surface area contributed by atoms with Crippen LogP contribution in [0.4, 0.5) is 0 Å². The summed E-state index contributed by atoms with van der Waals surface area (Å²) in [5, 5.41) is 8.40. The quantitative estimate of drug-likeness (QED) is 0.582. The number of primary amides is 1. The summed E-state index contributed by atoms with van der Waals surface area (Å²) in [4.78, 5) is 10.5. The van der Waals surface area contributed by atoms with Crippen LogP contribution in [0, 0.1) is 16.7 Å². The van der Waals surface area contributed by atoms with Crippen LogP contribution in [0.15, 0.2) is 0 Å². The first-order valence-electron chi connectivity index (χ1n) is 2.78. The average Bonchev–Trinajstić information content (AvgIpc) is 1.86.